The largest absolute Gasteiger partial charge is 0.326 e. The molecule has 1 heterocycles. The number of amides is 1. The average Bonchev–Trinajstić information content (AvgIpc) is 2.95. The topological polar surface area (TPSA) is 96.7 Å². The fraction of sp³-hybridized carbons (Fsp3) is 0.357. The van der Waals surface area contributed by atoms with Gasteiger partial charge in [-0.1, -0.05) is 13.3 Å². The van der Waals surface area contributed by atoms with Crippen LogP contribution in [-0.2, 0) is 11.3 Å². The molecule has 0 aliphatic rings. The van der Waals surface area contributed by atoms with E-state index in [-0.39, 0.29) is 5.91 Å². The minimum Gasteiger partial charge on any atom is -0.326 e. The van der Waals surface area contributed by atoms with Crippen molar-refractivity contribution < 1.29 is 4.79 Å². The smallest absolute Gasteiger partial charge is 0.224 e. The Hall–Kier alpha value is -2.21. The van der Waals surface area contributed by atoms with E-state index in [9.17, 15) is 4.79 Å². The van der Waals surface area contributed by atoms with Gasteiger partial charge in [0.25, 0.3) is 0 Å². The van der Waals surface area contributed by atoms with Crippen LogP contribution < -0.4 is 11.1 Å². The van der Waals surface area contributed by atoms with Gasteiger partial charge in [-0.2, -0.15) is 5.10 Å². The minimum absolute atomic E-state index is 0.0444. The van der Waals surface area contributed by atoms with Crippen LogP contribution in [0.5, 0.6) is 0 Å². The van der Waals surface area contributed by atoms with Crippen LogP contribution in [0.3, 0.4) is 0 Å². The van der Waals surface area contributed by atoms with Gasteiger partial charge in [0, 0.05) is 17.7 Å². The highest BCUT2D eigenvalue weighted by Crippen LogP contribution is 2.18. The van der Waals surface area contributed by atoms with Crippen LogP contribution in [0.2, 0.25) is 0 Å². The van der Waals surface area contributed by atoms with Crippen LogP contribution in [0, 0.1) is 0 Å². The number of aromatic amines is 1. The molecule has 0 aliphatic carbocycles. The first-order valence-electron chi connectivity index (χ1n) is 6.74. The summed E-state index contributed by atoms with van der Waals surface area (Å²) in [7, 11) is 0. The maximum atomic E-state index is 11.6. The van der Waals surface area contributed by atoms with Crippen LogP contribution in [0.25, 0.3) is 11.4 Å². The lowest BCUT2D eigenvalue weighted by Crippen LogP contribution is -2.10. The second-order valence-corrected chi connectivity index (χ2v) is 4.54. The summed E-state index contributed by atoms with van der Waals surface area (Å²) >= 11 is 0. The number of nitrogens with one attached hydrogen (secondary N) is 2. The van der Waals surface area contributed by atoms with Gasteiger partial charge in [0.15, 0.2) is 5.82 Å². The predicted molar refractivity (Wildman–Crippen MR) is 77.9 cm³/mol. The fourth-order valence-corrected chi connectivity index (χ4v) is 1.78. The van der Waals surface area contributed by atoms with E-state index in [0.29, 0.717) is 24.6 Å². The first-order chi connectivity index (χ1) is 9.72. The van der Waals surface area contributed by atoms with E-state index in [1.165, 1.54) is 0 Å². The zero-order valence-electron chi connectivity index (χ0n) is 11.5. The van der Waals surface area contributed by atoms with Crippen molar-refractivity contribution in [2.75, 3.05) is 5.32 Å². The summed E-state index contributed by atoms with van der Waals surface area (Å²) in [5.41, 5.74) is 7.14. The van der Waals surface area contributed by atoms with Crippen LogP contribution in [0.4, 0.5) is 5.69 Å². The lowest BCUT2D eigenvalue weighted by Gasteiger charge is -2.05. The van der Waals surface area contributed by atoms with Crippen LogP contribution in [0.15, 0.2) is 24.3 Å². The first kappa shape index (κ1) is 14.2. The number of aromatic nitrogens is 3. The maximum absolute atomic E-state index is 11.6. The van der Waals surface area contributed by atoms with E-state index >= 15 is 0 Å². The van der Waals surface area contributed by atoms with E-state index in [1.54, 1.807) is 0 Å². The first-order valence-corrected chi connectivity index (χ1v) is 6.74. The molecule has 0 fully saturated rings. The van der Waals surface area contributed by atoms with E-state index in [1.807, 2.05) is 24.3 Å². The Balaban J connectivity index is 2.00. The molecule has 0 radical (unpaired) electrons. The van der Waals surface area contributed by atoms with E-state index in [2.05, 4.69) is 27.4 Å². The van der Waals surface area contributed by atoms with E-state index in [0.717, 1.165) is 24.1 Å². The van der Waals surface area contributed by atoms with Gasteiger partial charge >= 0.3 is 0 Å². The highest BCUT2D eigenvalue weighted by Gasteiger charge is 2.06. The Morgan fingerprint density at radius 1 is 1.35 bits per heavy atom. The van der Waals surface area contributed by atoms with Crippen molar-refractivity contribution >= 4 is 11.6 Å². The Bertz CT molecular complexity index is 561. The minimum atomic E-state index is 0.0444. The molecule has 2 aromatic rings. The maximum Gasteiger partial charge on any atom is 0.224 e. The van der Waals surface area contributed by atoms with Crippen molar-refractivity contribution in [3.8, 4) is 11.4 Å². The number of unbranched alkanes of at least 4 members (excludes halogenated alkanes) is 1. The second kappa shape index (κ2) is 6.81. The van der Waals surface area contributed by atoms with Crippen molar-refractivity contribution in [3.63, 3.8) is 0 Å². The lowest BCUT2D eigenvalue weighted by molar-refractivity contribution is -0.116. The molecule has 20 heavy (non-hydrogen) atoms. The number of nitrogens with two attached hydrogens (primary N) is 1. The molecule has 1 aromatic carbocycles. The Kier molecular flexibility index (Phi) is 4.84. The highest BCUT2D eigenvalue weighted by atomic mass is 16.1. The normalized spacial score (nSPS) is 10.5. The molecule has 106 valence electrons. The Morgan fingerprint density at radius 3 is 2.70 bits per heavy atom. The number of anilines is 1. The number of hydrogen-bond acceptors (Lipinski definition) is 4. The van der Waals surface area contributed by atoms with Crippen molar-refractivity contribution in [1.29, 1.82) is 0 Å². The summed E-state index contributed by atoms with van der Waals surface area (Å²) in [5.74, 6) is 1.30. The lowest BCUT2D eigenvalue weighted by atomic mass is 10.2. The summed E-state index contributed by atoms with van der Waals surface area (Å²) in [6.07, 6.45) is 2.47. The molecular weight excluding hydrogens is 254 g/mol. The van der Waals surface area contributed by atoms with Crippen molar-refractivity contribution in [2.24, 2.45) is 5.73 Å². The summed E-state index contributed by atoms with van der Waals surface area (Å²) in [5, 5.41) is 9.72. The average molecular weight is 273 g/mol. The monoisotopic (exact) mass is 273 g/mol. The summed E-state index contributed by atoms with van der Waals surface area (Å²) < 4.78 is 0. The molecule has 1 aromatic heterocycles. The van der Waals surface area contributed by atoms with Gasteiger partial charge in [-0.25, -0.2) is 4.98 Å². The van der Waals surface area contributed by atoms with Crippen LogP contribution >= 0.6 is 0 Å². The van der Waals surface area contributed by atoms with Gasteiger partial charge in [-0.3, -0.25) is 9.89 Å². The SMILES string of the molecule is CCCCC(=O)Nc1ccc(-c2n[nH]c(CN)n2)cc1. The zero-order chi connectivity index (χ0) is 14.4. The molecule has 0 bridgehead atoms. The standard InChI is InChI=1S/C14H19N5O/c1-2-3-4-13(20)16-11-7-5-10(6-8-11)14-17-12(9-15)18-19-14/h5-8H,2-4,9,15H2,1H3,(H,16,20)(H,17,18,19). The number of rotatable bonds is 6. The zero-order valence-corrected chi connectivity index (χ0v) is 11.5. The molecule has 0 unspecified atom stereocenters. The summed E-state index contributed by atoms with van der Waals surface area (Å²) in [4.78, 5) is 15.9. The van der Waals surface area contributed by atoms with Crippen LogP contribution in [-0.4, -0.2) is 21.1 Å². The molecule has 0 aliphatic heterocycles. The molecule has 0 saturated carbocycles. The third kappa shape index (κ3) is 3.64. The molecule has 2 rings (SSSR count). The Morgan fingerprint density at radius 2 is 2.10 bits per heavy atom. The molecule has 0 saturated heterocycles. The number of carbonyl (C=O) groups excluding carboxylic acids is 1. The highest BCUT2D eigenvalue weighted by molar-refractivity contribution is 5.90. The van der Waals surface area contributed by atoms with Crippen molar-refractivity contribution in [3.05, 3.63) is 30.1 Å². The summed E-state index contributed by atoms with van der Waals surface area (Å²) in [6.45, 7) is 2.40. The molecule has 4 N–H and O–H groups in total. The fourth-order valence-electron chi connectivity index (χ4n) is 1.78. The van der Waals surface area contributed by atoms with Gasteiger partial charge in [-0.05, 0) is 30.7 Å². The molecular formula is C14H19N5O. The molecule has 6 heteroatoms. The Labute approximate surface area is 117 Å². The number of carbonyl (C=O) groups is 1. The van der Waals surface area contributed by atoms with Crippen molar-refractivity contribution in [1.82, 2.24) is 15.2 Å². The molecule has 6 nitrogen and oxygen atoms in total. The van der Waals surface area contributed by atoms with Gasteiger partial charge in [-0.15, -0.1) is 0 Å². The molecule has 0 spiro atoms. The predicted octanol–water partition coefficient (Wildman–Crippen LogP) is 2.06. The van der Waals surface area contributed by atoms with E-state index in [4.69, 9.17) is 5.73 Å². The molecule has 0 atom stereocenters. The number of nitrogens with zero attached hydrogens (tertiary/aromatic N) is 2. The van der Waals surface area contributed by atoms with Gasteiger partial charge < -0.3 is 11.1 Å². The van der Waals surface area contributed by atoms with Gasteiger partial charge in [0.05, 0.1) is 6.54 Å². The number of benzene rings is 1. The van der Waals surface area contributed by atoms with Gasteiger partial charge in [0.1, 0.15) is 5.82 Å². The quantitative estimate of drug-likeness (QED) is 0.750. The number of hydrogen-bond donors (Lipinski definition) is 3. The second-order valence-electron chi connectivity index (χ2n) is 4.54. The third-order valence-corrected chi connectivity index (χ3v) is 2.91. The van der Waals surface area contributed by atoms with Crippen molar-refractivity contribution in [2.45, 2.75) is 32.7 Å². The molecule has 1 amide bonds. The summed E-state index contributed by atoms with van der Waals surface area (Å²) in [6, 6.07) is 7.44. The number of H-pyrrole nitrogens is 1. The van der Waals surface area contributed by atoms with Gasteiger partial charge in [0.2, 0.25) is 5.91 Å². The third-order valence-electron chi connectivity index (χ3n) is 2.91. The van der Waals surface area contributed by atoms with E-state index < -0.39 is 0 Å². The van der Waals surface area contributed by atoms with Crippen LogP contribution in [0.1, 0.15) is 32.0 Å².